The van der Waals surface area contributed by atoms with Crippen molar-refractivity contribution in [1.29, 1.82) is 0 Å². The highest BCUT2D eigenvalue weighted by molar-refractivity contribution is 7.14. The van der Waals surface area contributed by atoms with E-state index in [4.69, 9.17) is 11.6 Å². The molecule has 1 aromatic heterocycles. The average molecular weight is 245 g/mol. The Balaban J connectivity index is 1.87. The molecule has 15 heavy (non-hydrogen) atoms. The van der Waals surface area contributed by atoms with Crippen LogP contribution in [0.1, 0.15) is 39.5 Å². The topological polar surface area (TPSA) is 24.9 Å². The lowest BCUT2D eigenvalue weighted by Crippen LogP contribution is -2.29. The predicted molar refractivity (Wildman–Crippen MR) is 66.8 cm³/mol. The van der Waals surface area contributed by atoms with E-state index in [1.807, 2.05) is 5.38 Å². The van der Waals surface area contributed by atoms with Crippen molar-refractivity contribution in [2.75, 3.05) is 5.32 Å². The Kier molecular flexibility index (Phi) is 3.21. The second-order valence-corrected chi connectivity index (χ2v) is 6.30. The van der Waals surface area contributed by atoms with E-state index in [0.717, 1.165) is 5.13 Å². The smallest absolute Gasteiger partial charge is 0.184 e. The van der Waals surface area contributed by atoms with E-state index in [1.165, 1.54) is 25.7 Å². The fraction of sp³-hybridized carbons (Fsp3) is 0.727. The molecular weight excluding hydrogens is 228 g/mol. The van der Waals surface area contributed by atoms with Gasteiger partial charge in [0.2, 0.25) is 0 Å². The molecule has 0 spiro atoms. The molecule has 84 valence electrons. The molecule has 0 saturated heterocycles. The molecule has 0 bridgehead atoms. The van der Waals surface area contributed by atoms with E-state index >= 15 is 0 Å². The molecule has 1 aromatic rings. The zero-order valence-corrected chi connectivity index (χ0v) is 10.8. The van der Waals surface area contributed by atoms with Crippen LogP contribution in [0.5, 0.6) is 0 Å². The first-order chi connectivity index (χ1) is 7.05. The molecule has 1 saturated carbocycles. The zero-order valence-electron chi connectivity index (χ0n) is 9.22. The number of aromatic nitrogens is 1. The molecule has 1 aliphatic carbocycles. The third kappa shape index (κ3) is 3.08. The van der Waals surface area contributed by atoms with E-state index in [2.05, 4.69) is 24.1 Å². The normalized spacial score (nSPS) is 21.5. The maximum Gasteiger partial charge on any atom is 0.184 e. The van der Waals surface area contributed by atoms with Gasteiger partial charge in [-0.25, -0.2) is 4.98 Å². The summed E-state index contributed by atoms with van der Waals surface area (Å²) in [6.45, 7) is 4.70. The second kappa shape index (κ2) is 4.30. The van der Waals surface area contributed by atoms with Crippen molar-refractivity contribution >= 4 is 28.1 Å². The summed E-state index contributed by atoms with van der Waals surface area (Å²) in [7, 11) is 0. The predicted octanol–water partition coefficient (Wildman–Crippen LogP) is 4.18. The number of nitrogens with one attached hydrogen (secondary N) is 1. The summed E-state index contributed by atoms with van der Waals surface area (Å²) in [4.78, 5) is 4.21. The third-order valence-electron chi connectivity index (χ3n) is 3.14. The lowest BCUT2D eigenvalue weighted by Gasteiger charge is -2.34. The third-order valence-corrected chi connectivity index (χ3v) is 4.24. The minimum atomic E-state index is 0.526. The van der Waals surface area contributed by atoms with Crippen molar-refractivity contribution in [3.8, 4) is 0 Å². The Hall–Kier alpha value is -0.280. The van der Waals surface area contributed by atoms with Crippen LogP contribution in [0, 0.1) is 5.41 Å². The fourth-order valence-electron chi connectivity index (χ4n) is 2.04. The van der Waals surface area contributed by atoms with Gasteiger partial charge in [-0.05, 0) is 31.1 Å². The van der Waals surface area contributed by atoms with Crippen molar-refractivity contribution in [2.24, 2.45) is 5.41 Å². The quantitative estimate of drug-likeness (QED) is 0.844. The molecule has 4 heteroatoms. The Morgan fingerprint density at radius 1 is 1.47 bits per heavy atom. The van der Waals surface area contributed by atoms with Gasteiger partial charge in [-0.3, -0.25) is 0 Å². The van der Waals surface area contributed by atoms with Crippen molar-refractivity contribution in [1.82, 2.24) is 4.98 Å². The molecular formula is C11H17ClN2S. The van der Waals surface area contributed by atoms with Crippen LogP contribution in [0.2, 0.25) is 5.15 Å². The summed E-state index contributed by atoms with van der Waals surface area (Å²) in [5.74, 6) is 0. The minimum Gasteiger partial charge on any atom is -0.359 e. The first-order valence-corrected chi connectivity index (χ1v) is 6.68. The number of hydrogen-bond acceptors (Lipinski definition) is 3. The van der Waals surface area contributed by atoms with E-state index < -0.39 is 0 Å². The maximum absolute atomic E-state index is 5.78. The molecule has 0 aliphatic heterocycles. The molecule has 0 unspecified atom stereocenters. The standard InChI is InChI=1S/C11H17ClN2S/c1-11(2)5-3-8(4-6-11)13-10-14-9(12)7-15-10/h7-8H,3-6H2,1-2H3,(H,13,14). The van der Waals surface area contributed by atoms with Crippen LogP contribution < -0.4 is 5.32 Å². The molecule has 0 radical (unpaired) electrons. The summed E-state index contributed by atoms with van der Waals surface area (Å²) in [5.41, 5.74) is 0.526. The van der Waals surface area contributed by atoms with Crippen molar-refractivity contribution in [2.45, 2.75) is 45.6 Å². The van der Waals surface area contributed by atoms with Crippen molar-refractivity contribution < 1.29 is 0 Å². The molecule has 1 N–H and O–H groups in total. The van der Waals surface area contributed by atoms with Gasteiger partial charge in [-0.1, -0.05) is 25.4 Å². The highest BCUT2D eigenvalue weighted by Crippen LogP contribution is 2.36. The molecule has 2 rings (SSSR count). The second-order valence-electron chi connectivity index (χ2n) is 5.06. The molecule has 2 nitrogen and oxygen atoms in total. The number of rotatable bonds is 2. The molecule has 1 fully saturated rings. The van der Waals surface area contributed by atoms with Crippen molar-refractivity contribution in [3.05, 3.63) is 10.5 Å². The first kappa shape index (κ1) is 11.2. The molecule has 0 aromatic carbocycles. The van der Waals surface area contributed by atoms with Gasteiger partial charge in [0.1, 0.15) is 5.15 Å². The van der Waals surface area contributed by atoms with Gasteiger partial charge in [0.05, 0.1) is 0 Å². The lowest BCUT2D eigenvalue weighted by atomic mass is 9.76. The largest absolute Gasteiger partial charge is 0.359 e. The fourth-order valence-corrected chi connectivity index (χ4v) is 2.95. The van der Waals surface area contributed by atoms with Gasteiger partial charge in [-0.2, -0.15) is 0 Å². The monoisotopic (exact) mass is 244 g/mol. The van der Waals surface area contributed by atoms with Gasteiger partial charge in [0.15, 0.2) is 5.13 Å². The highest BCUT2D eigenvalue weighted by atomic mass is 35.5. The Morgan fingerprint density at radius 3 is 2.67 bits per heavy atom. The summed E-state index contributed by atoms with van der Waals surface area (Å²) >= 11 is 7.37. The minimum absolute atomic E-state index is 0.526. The Labute approximate surface area is 100 Å². The molecule has 1 heterocycles. The maximum atomic E-state index is 5.78. The first-order valence-electron chi connectivity index (χ1n) is 5.43. The van der Waals surface area contributed by atoms with Gasteiger partial charge in [0, 0.05) is 11.4 Å². The molecule has 0 amide bonds. The summed E-state index contributed by atoms with van der Waals surface area (Å²) in [6, 6.07) is 0.584. The van der Waals surface area contributed by atoms with Crippen LogP contribution in [-0.2, 0) is 0 Å². The number of nitrogens with zero attached hydrogens (tertiary/aromatic N) is 1. The number of hydrogen-bond donors (Lipinski definition) is 1. The summed E-state index contributed by atoms with van der Waals surface area (Å²) in [6.07, 6.45) is 5.07. The Morgan fingerprint density at radius 2 is 2.13 bits per heavy atom. The van der Waals surface area contributed by atoms with E-state index in [-0.39, 0.29) is 0 Å². The van der Waals surface area contributed by atoms with Crippen LogP contribution in [0.25, 0.3) is 0 Å². The van der Waals surface area contributed by atoms with Gasteiger partial charge in [-0.15, -0.1) is 11.3 Å². The number of anilines is 1. The molecule has 1 aliphatic rings. The van der Waals surface area contributed by atoms with Crippen molar-refractivity contribution in [3.63, 3.8) is 0 Å². The highest BCUT2D eigenvalue weighted by Gasteiger charge is 2.26. The zero-order chi connectivity index (χ0) is 10.9. The number of halogens is 1. The van der Waals surface area contributed by atoms with E-state index in [0.29, 0.717) is 16.6 Å². The van der Waals surface area contributed by atoms with Crippen LogP contribution in [0.4, 0.5) is 5.13 Å². The molecule has 0 atom stereocenters. The van der Waals surface area contributed by atoms with E-state index in [9.17, 15) is 0 Å². The summed E-state index contributed by atoms with van der Waals surface area (Å²) in [5, 5.41) is 6.89. The van der Waals surface area contributed by atoms with E-state index in [1.54, 1.807) is 11.3 Å². The van der Waals surface area contributed by atoms with Gasteiger partial charge < -0.3 is 5.32 Å². The SMILES string of the molecule is CC1(C)CCC(Nc2nc(Cl)cs2)CC1. The van der Waals surface area contributed by atoms with Crippen LogP contribution in [-0.4, -0.2) is 11.0 Å². The van der Waals surface area contributed by atoms with Crippen LogP contribution >= 0.6 is 22.9 Å². The lowest BCUT2D eigenvalue weighted by molar-refractivity contribution is 0.232. The summed E-state index contributed by atoms with van der Waals surface area (Å²) < 4.78 is 0. The Bertz CT molecular complexity index is 325. The van der Waals surface area contributed by atoms with Gasteiger partial charge in [0.25, 0.3) is 0 Å². The van der Waals surface area contributed by atoms with Crippen LogP contribution in [0.3, 0.4) is 0 Å². The average Bonchev–Trinajstić information content (AvgIpc) is 2.55. The van der Waals surface area contributed by atoms with Crippen LogP contribution in [0.15, 0.2) is 5.38 Å². The number of thiazole rings is 1. The van der Waals surface area contributed by atoms with Gasteiger partial charge >= 0.3 is 0 Å².